The molecule has 26 heavy (non-hydrogen) atoms. The van der Waals surface area contributed by atoms with Crippen molar-refractivity contribution in [1.29, 1.82) is 0 Å². The summed E-state index contributed by atoms with van der Waals surface area (Å²) < 4.78 is 32.8. The number of hydrogen-bond donors (Lipinski definition) is 2. The Bertz CT molecular complexity index is 672. The molecule has 1 aromatic carbocycles. The van der Waals surface area contributed by atoms with E-state index in [0.29, 0.717) is 24.9 Å². The highest BCUT2D eigenvalue weighted by Crippen LogP contribution is 2.25. The maximum Gasteiger partial charge on any atom is 0.324 e. The fourth-order valence-corrected chi connectivity index (χ4v) is 4.59. The summed E-state index contributed by atoms with van der Waals surface area (Å²) in [5.74, 6) is -0.537. The van der Waals surface area contributed by atoms with Crippen LogP contribution in [0.25, 0.3) is 0 Å². The highest BCUT2D eigenvalue weighted by atomic mass is 32.2. The molecule has 0 heterocycles. The molecule has 0 bridgehead atoms. The molecule has 2 atom stereocenters. The molecule has 0 saturated carbocycles. The molecule has 7 nitrogen and oxygen atoms in total. The number of nitrogens with zero attached hydrogens (tertiary/aromatic N) is 1. The Hall–Kier alpha value is -1.64. The number of anilines is 1. The summed E-state index contributed by atoms with van der Waals surface area (Å²) in [5, 5.41) is 0. The SMILES string of the molecule is CCOC(=O)C(CCCC(C)N)N(C(C)C)S(=O)(=O)c1ccc(N)cc1. The quantitative estimate of drug-likeness (QED) is 0.471. The van der Waals surface area contributed by atoms with Crippen LogP contribution >= 0.6 is 0 Å². The van der Waals surface area contributed by atoms with E-state index in [0.717, 1.165) is 0 Å². The first kappa shape index (κ1) is 22.4. The van der Waals surface area contributed by atoms with Gasteiger partial charge in [-0.25, -0.2) is 8.42 Å². The Morgan fingerprint density at radius 1 is 1.15 bits per heavy atom. The predicted octanol–water partition coefficient (Wildman–Crippen LogP) is 2.12. The zero-order chi connectivity index (χ0) is 19.9. The zero-order valence-corrected chi connectivity index (χ0v) is 16.8. The first-order valence-corrected chi connectivity index (χ1v) is 10.4. The van der Waals surface area contributed by atoms with Crippen LogP contribution in [0, 0.1) is 0 Å². The normalized spacial score (nSPS) is 14.4. The standard InChI is InChI=1S/C18H31N3O4S/c1-5-25-18(22)17(8-6-7-14(4)19)21(13(2)3)26(23,24)16-11-9-15(20)10-12-16/h9-14,17H,5-8,19-20H2,1-4H3. The third kappa shape index (κ3) is 5.96. The smallest absolute Gasteiger partial charge is 0.324 e. The van der Waals surface area contributed by atoms with Gasteiger partial charge in [0.25, 0.3) is 0 Å². The van der Waals surface area contributed by atoms with E-state index in [1.165, 1.54) is 28.6 Å². The largest absolute Gasteiger partial charge is 0.465 e. The molecule has 8 heteroatoms. The van der Waals surface area contributed by atoms with E-state index in [1.54, 1.807) is 20.8 Å². The fraction of sp³-hybridized carbons (Fsp3) is 0.611. The number of sulfonamides is 1. The van der Waals surface area contributed by atoms with Crippen LogP contribution in [0.15, 0.2) is 29.2 Å². The molecule has 0 radical (unpaired) electrons. The van der Waals surface area contributed by atoms with Gasteiger partial charge in [-0.15, -0.1) is 0 Å². The molecular formula is C18H31N3O4S. The highest BCUT2D eigenvalue weighted by Gasteiger charge is 2.38. The molecule has 4 N–H and O–H groups in total. The number of carbonyl (C=O) groups excluding carboxylic acids is 1. The molecule has 0 aromatic heterocycles. The number of carbonyl (C=O) groups is 1. The van der Waals surface area contributed by atoms with Gasteiger partial charge in [-0.2, -0.15) is 4.31 Å². The van der Waals surface area contributed by atoms with Crippen LogP contribution in [0.3, 0.4) is 0 Å². The van der Waals surface area contributed by atoms with Crippen molar-refractivity contribution in [2.24, 2.45) is 5.73 Å². The Balaban J connectivity index is 3.24. The minimum absolute atomic E-state index is 0.0148. The van der Waals surface area contributed by atoms with Gasteiger partial charge in [-0.3, -0.25) is 4.79 Å². The van der Waals surface area contributed by atoms with E-state index in [9.17, 15) is 13.2 Å². The highest BCUT2D eigenvalue weighted by molar-refractivity contribution is 7.89. The Labute approximate surface area is 156 Å². The van der Waals surface area contributed by atoms with Gasteiger partial charge in [0, 0.05) is 17.8 Å². The number of esters is 1. The van der Waals surface area contributed by atoms with Gasteiger partial charge in [0.2, 0.25) is 10.0 Å². The topological polar surface area (TPSA) is 116 Å². The van der Waals surface area contributed by atoms with Crippen molar-refractivity contribution in [3.05, 3.63) is 24.3 Å². The lowest BCUT2D eigenvalue weighted by Gasteiger charge is -2.32. The summed E-state index contributed by atoms with van der Waals surface area (Å²) >= 11 is 0. The van der Waals surface area contributed by atoms with E-state index < -0.39 is 28.1 Å². The van der Waals surface area contributed by atoms with Crippen LogP contribution in [0.4, 0.5) is 5.69 Å². The number of ether oxygens (including phenoxy) is 1. The third-order valence-corrected chi connectivity index (χ3v) is 6.07. The van der Waals surface area contributed by atoms with Crippen molar-refractivity contribution in [3.63, 3.8) is 0 Å². The Morgan fingerprint density at radius 3 is 2.19 bits per heavy atom. The summed E-state index contributed by atoms with van der Waals surface area (Å²) in [6.07, 6.45) is 1.68. The molecule has 0 fully saturated rings. The Kier molecular flexibility index (Phi) is 8.52. The van der Waals surface area contributed by atoms with Crippen LogP contribution in [0.2, 0.25) is 0 Å². The molecule has 1 aromatic rings. The summed E-state index contributed by atoms with van der Waals surface area (Å²) in [7, 11) is -3.88. The molecule has 0 amide bonds. The van der Waals surface area contributed by atoms with Crippen molar-refractivity contribution in [3.8, 4) is 0 Å². The van der Waals surface area contributed by atoms with Gasteiger partial charge in [-0.1, -0.05) is 0 Å². The van der Waals surface area contributed by atoms with Crippen LogP contribution in [-0.4, -0.2) is 43.4 Å². The second-order valence-electron chi connectivity index (χ2n) is 6.67. The number of rotatable bonds is 10. The molecular weight excluding hydrogens is 354 g/mol. The second kappa shape index (κ2) is 9.89. The monoisotopic (exact) mass is 385 g/mol. The van der Waals surface area contributed by atoms with Crippen molar-refractivity contribution in [1.82, 2.24) is 4.31 Å². The van der Waals surface area contributed by atoms with E-state index in [4.69, 9.17) is 16.2 Å². The summed E-state index contributed by atoms with van der Waals surface area (Å²) in [5.41, 5.74) is 11.9. The van der Waals surface area contributed by atoms with Crippen molar-refractivity contribution >= 4 is 21.7 Å². The molecule has 1 rings (SSSR count). The minimum atomic E-state index is -3.88. The van der Waals surface area contributed by atoms with E-state index in [2.05, 4.69) is 0 Å². The summed E-state index contributed by atoms with van der Waals surface area (Å²) in [6.45, 7) is 7.26. The molecule has 0 aliphatic carbocycles. The number of nitrogen functional groups attached to an aromatic ring is 1. The number of nitrogens with two attached hydrogens (primary N) is 2. The fourth-order valence-electron chi connectivity index (χ4n) is 2.79. The predicted molar refractivity (Wildman–Crippen MR) is 103 cm³/mol. The number of hydrogen-bond acceptors (Lipinski definition) is 6. The van der Waals surface area contributed by atoms with Crippen LogP contribution in [-0.2, 0) is 19.6 Å². The van der Waals surface area contributed by atoms with Crippen molar-refractivity contribution in [2.75, 3.05) is 12.3 Å². The minimum Gasteiger partial charge on any atom is -0.465 e. The lowest BCUT2D eigenvalue weighted by molar-refractivity contribution is -0.148. The molecule has 148 valence electrons. The van der Waals surface area contributed by atoms with Gasteiger partial charge >= 0.3 is 5.97 Å². The van der Waals surface area contributed by atoms with Crippen molar-refractivity contribution in [2.45, 2.75) is 70.0 Å². The van der Waals surface area contributed by atoms with E-state index in [1.807, 2.05) is 6.92 Å². The van der Waals surface area contributed by atoms with Gasteiger partial charge in [0.15, 0.2) is 0 Å². The summed E-state index contributed by atoms with van der Waals surface area (Å²) in [6, 6.07) is 4.63. The first-order chi connectivity index (χ1) is 12.1. The zero-order valence-electron chi connectivity index (χ0n) is 16.0. The average Bonchev–Trinajstić information content (AvgIpc) is 2.53. The lowest BCUT2D eigenvalue weighted by atomic mass is 10.1. The van der Waals surface area contributed by atoms with Gasteiger partial charge in [0.1, 0.15) is 6.04 Å². The van der Waals surface area contributed by atoms with Crippen molar-refractivity contribution < 1.29 is 17.9 Å². The second-order valence-corrected chi connectivity index (χ2v) is 8.52. The Morgan fingerprint density at radius 2 is 1.73 bits per heavy atom. The van der Waals surface area contributed by atoms with Gasteiger partial charge < -0.3 is 16.2 Å². The van der Waals surface area contributed by atoms with E-state index in [-0.39, 0.29) is 17.5 Å². The average molecular weight is 386 g/mol. The van der Waals surface area contributed by atoms with Crippen LogP contribution < -0.4 is 11.5 Å². The molecule has 0 aliphatic heterocycles. The maximum atomic E-state index is 13.2. The first-order valence-electron chi connectivity index (χ1n) is 8.92. The van der Waals surface area contributed by atoms with Crippen LogP contribution in [0.1, 0.15) is 47.0 Å². The van der Waals surface area contributed by atoms with Gasteiger partial charge in [-0.05, 0) is 71.2 Å². The molecule has 0 spiro atoms. The summed E-state index contributed by atoms with van der Waals surface area (Å²) in [4.78, 5) is 12.6. The lowest BCUT2D eigenvalue weighted by Crippen LogP contribution is -2.49. The molecule has 0 aliphatic rings. The van der Waals surface area contributed by atoms with E-state index >= 15 is 0 Å². The third-order valence-electron chi connectivity index (χ3n) is 3.97. The van der Waals surface area contributed by atoms with Gasteiger partial charge in [0.05, 0.1) is 11.5 Å². The molecule has 0 saturated heterocycles. The molecule has 2 unspecified atom stereocenters. The maximum absolute atomic E-state index is 13.2. The number of benzene rings is 1. The van der Waals surface area contributed by atoms with Crippen LogP contribution in [0.5, 0.6) is 0 Å².